The summed E-state index contributed by atoms with van der Waals surface area (Å²) in [6, 6.07) is 9.33. The third-order valence-electron chi connectivity index (χ3n) is 5.24. The number of nitrogens with zero attached hydrogens (tertiary/aromatic N) is 3. The van der Waals surface area contributed by atoms with Crippen LogP contribution in [0.2, 0.25) is 0 Å². The minimum atomic E-state index is -0.202. The highest BCUT2D eigenvalue weighted by molar-refractivity contribution is 9.10. The molecule has 0 spiro atoms. The number of rotatable bonds is 9. The van der Waals surface area contributed by atoms with Gasteiger partial charge in [-0.25, -0.2) is 4.98 Å². The Morgan fingerprint density at radius 3 is 2.72 bits per heavy atom. The molecule has 0 fully saturated rings. The fraction of sp³-hybridized carbons (Fsp3) is 0.320. The maximum Gasteiger partial charge on any atom is 0.282 e. The van der Waals surface area contributed by atoms with E-state index in [4.69, 9.17) is 14.5 Å². The lowest BCUT2D eigenvalue weighted by Gasteiger charge is -2.15. The summed E-state index contributed by atoms with van der Waals surface area (Å²) < 4.78 is 13.6. The van der Waals surface area contributed by atoms with Crippen molar-refractivity contribution in [1.29, 1.82) is 0 Å². The zero-order valence-electron chi connectivity index (χ0n) is 18.9. The lowest BCUT2D eigenvalue weighted by atomic mass is 10.1. The molecule has 1 aromatic heterocycles. The van der Waals surface area contributed by atoms with Gasteiger partial charge in [-0.2, -0.15) is 9.78 Å². The molecule has 0 aliphatic rings. The third kappa shape index (κ3) is 4.93. The third-order valence-corrected chi connectivity index (χ3v) is 5.73. The average molecular weight is 498 g/mol. The Balaban J connectivity index is 2.17. The fourth-order valence-corrected chi connectivity index (χ4v) is 3.79. The minimum absolute atomic E-state index is 0.0686. The van der Waals surface area contributed by atoms with E-state index in [-0.39, 0.29) is 11.5 Å². The Morgan fingerprint density at radius 1 is 1.28 bits per heavy atom. The number of methoxy groups -OCH3 is 1. The molecule has 2 aromatic carbocycles. The van der Waals surface area contributed by atoms with Gasteiger partial charge in [0.1, 0.15) is 5.82 Å². The van der Waals surface area contributed by atoms with Crippen LogP contribution in [0.4, 0.5) is 0 Å². The summed E-state index contributed by atoms with van der Waals surface area (Å²) in [6.07, 6.45) is 4.93. The van der Waals surface area contributed by atoms with Crippen molar-refractivity contribution in [3.8, 4) is 11.5 Å². The molecule has 3 aromatic rings. The van der Waals surface area contributed by atoms with Gasteiger partial charge < -0.3 is 9.47 Å². The molecule has 0 bridgehead atoms. The number of hydrogen-bond acceptors (Lipinski definition) is 5. The van der Waals surface area contributed by atoms with Crippen molar-refractivity contribution in [3.63, 3.8) is 0 Å². The highest BCUT2D eigenvalue weighted by Crippen LogP contribution is 2.33. The molecule has 0 N–H and O–H groups in total. The van der Waals surface area contributed by atoms with E-state index < -0.39 is 0 Å². The first-order chi connectivity index (χ1) is 15.4. The zero-order chi connectivity index (χ0) is 23.3. The highest BCUT2D eigenvalue weighted by atomic mass is 79.9. The number of hydrogen-bond donors (Lipinski definition) is 0. The van der Waals surface area contributed by atoms with Crippen molar-refractivity contribution in [3.05, 3.63) is 74.8 Å². The van der Waals surface area contributed by atoms with Crippen molar-refractivity contribution in [2.24, 2.45) is 5.10 Å². The summed E-state index contributed by atoms with van der Waals surface area (Å²) in [4.78, 5) is 18.1. The van der Waals surface area contributed by atoms with Gasteiger partial charge in [0.15, 0.2) is 11.5 Å². The van der Waals surface area contributed by atoms with Crippen LogP contribution in [0.15, 0.2) is 57.4 Å². The van der Waals surface area contributed by atoms with Gasteiger partial charge in [0.2, 0.25) is 0 Å². The van der Waals surface area contributed by atoms with Crippen molar-refractivity contribution in [2.75, 3.05) is 13.7 Å². The average Bonchev–Trinajstić information content (AvgIpc) is 2.79. The van der Waals surface area contributed by atoms with Crippen LogP contribution in [0.25, 0.3) is 10.9 Å². The quantitative estimate of drug-likeness (QED) is 0.281. The van der Waals surface area contributed by atoms with Crippen LogP contribution < -0.4 is 15.0 Å². The van der Waals surface area contributed by atoms with Crippen molar-refractivity contribution < 1.29 is 9.47 Å². The molecular weight excluding hydrogens is 470 g/mol. The predicted molar refractivity (Wildman–Crippen MR) is 133 cm³/mol. The van der Waals surface area contributed by atoms with Gasteiger partial charge in [0.25, 0.3) is 5.56 Å². The molecule has 0 radical (unpaired) electrons. The monoisotopic (exact) mass is 497 g/mol. The van der Waals surface area contributed by atoms with Crippen LogP contribution in [0.3, 0.4) is 0 Å². The molecule has 6 nitrogen and oxygen atoms in total. The summed E-state index contributed by atoms with van der Waals surface area (Å²) in [5.41, 5.74) is 2.19. The molecule has 0 aliphatic carbocycles. The first kappa shape index (κ1) is 23.7. The van der Waals surface area contributed by atoms with E-state index in [1.165, 1.54) is 4.68 Å². The Labute approximate surface area is 196 Å². The van der Waals surface area contributed by atoms with E-state index in [9.17, 15) is 4.79 Å². The lowest BCUT2D eigenvalue weighted by Crippen LogP contribution is -2.23. The molecule has 0 unspecified atom stereocenters. The van der Waals surface area contributed by atoms with E-state index in [0.717, 1.165) is 22.0 Å². The second-order valence-electron chi connectivity index (χ2n) is 7.44. The normalized spacial score (nSPS) is 12.3. The van der Waals surface area contributed by atoms with Gasteiger partial charge in [-0.1, -0.05) is 35.9 Å². The molecular formula is C25H28BrN3O3. The standard InChI is InChI=1S/C25H28BrN3O3/c1-6-9-18-12-17(13-22(31-5)23(18)32-8-3)15-27-29-24(16(4)7-2)28-21-11-10-19(26)14-20(21)25(29)30/h6,10-16H,1,7-9H2,2-5H3/t16-/m0/s1. The second kappa shape index (κ2) is 10.6. The highest BCUT2D eigenvalue weighted by Gasteiger charge is 2.16. The lowest BCUT2D eigenvalue weighted by molar-refractivity contribution is 0.308. The molecule has 0 saturated carbocycles. The summed E-state index contributed by atoms with van der Waals surface area (Å²) in [6.45, 7) is 10.4. The zero-order valence-corrected chi connectivity index (χ0v) is 20.5. The number of ether oxygens (including phenoxy) is 2. The molecule has 168 valence electrons. The molecule has 0 amide bonds. The number of benzene rings is 2. The van der Waals surface area contributed by atoms with Gasteiger partial charge in [0, 0.05) is 16.0 Å². The summed E-state index contributed by atoms with van der Waals surface area (Å²) in [5, 5.41) is 5.07. The Morgan fingerprint density at radius 2 is 2.06 bits per heavy atom. The first-order valence-corrected chi connectivity index (χ1v) is 11.4. The number of aromatic nitrogens is 2. The molecule has 1 atom stereocenters. The summed E-state index contributed by atoms with van der Waals surface area (Å²) >= 11 is 3.44. The Hall–Kier alpha value is -2.93. The van der Waals surface area contributed by atoms with E-state index >= 15 is 0 Å². The topological polar surface area (TPSA) is 65.7 Å². The SMILES string of the molecule is C=CCc1cc(C=Nn2c([C@@H](C)CC)nc3ccc(Br)cc3c2=O)cc(OC)c1OCC. The van der Waals surface area contributed by atoms with Crippen LogP contribution in [0.5, 0.6) is 11.5 Å². The maximum absolute atomic E-state index is 13.3. The molecule has 3 rings (SSSR count). The van der Waals surface area contributed by atoms with Crippen molar-refractivity contribution >= 4 is 33.0 Å². The molecule has 1 heterocycles. The molecule has 32 heavy (non-hydrogen) atoms. The number of halogens is 1. The maximum atomic E-state index is 13.3. The molecule has 7 heteroatoms. The Kier molecular flexibility index (Phi) is 7.85. The van der Waals surface area contributed by atoms with Gasteiger partial charge in [-0.15, -0.1) is 6.58 Å². The van der Waals surface area contributed by atoms with Crippen molar-refractivity contribution in [2.45, 2.75) is 39.5 Å². The smallest absolute Gasteiger partial charge is 0.282 e. The number of allylic oxidation sites excluding steroid dienone is 1. The van der Waals surface area contributed by atoms with Gasteiger partial charge in [-0.05, 0) is 55.7 Å². The minimum Gasteiger partial charge on any atom is -0.493 e. The first-order valence-electron chi connectivity index (χ1n) is 10.6. The van der Waals surface area contributed by atoms with Gasteiger partial charge >= 0.3 is 0 Å². The Bertz CT molecular complexity index is 1220. The summed E-state index contributed by atoms with van der Waals surface area (Å²) in [5.74, 6) is 2.01. The van der Waals surface area contributed by atoms with Crippen LogP contribution in [-0.2, 0) is 6.42 Å². The fourth-order valence-electron chi connectivity index (χ4n) is 3.43. The van der Waals surface area contributed by atoms with Gasteiger partial charge in [-0.3, -0.25) is 4.79 Å². The van der Waals surface area contributed by atoms with E-state index in [1.807, 2.05) is 44.2 Å². The van der Waals surface area contributed by atoms with E-state index in [0.29, 0.717) is 41.3 Å². The predicted octanol–water partition coefficient (Wildman–Crippen LogP) is 5.69. The van der Waals surface area contributed by atoms with Crippen LogP contribution >= 0.6 is 15.9 Å². The van der Waals surface area contributed by atoms with E-state index in [1.54, 1.807) is 19.4 Å². The van der Waals surface area contributed by atoms with Crippen LogP contribution in [0, 0.1) is 0 Å². The van der Waals surface area contributed by atoms with Gasteiger partial charge in [0.05, 0.1) is 30.8 Å². The van der Waals surface area contributed by atoms with Crippen LogP contribution in [-0.4, -0.2) is 29.6 Å². The summed E-state index contributed by atoms with van der Waals surface area (Å²) in [7, 11) is 1.60. The van der Waals surface area contributed by atoms with Crippen molar-refractivity contribution in [1.82, 2.24) is 9.66 Å². The number of fused-ring (bicyclic) bond motifs is 1. The second-order valence-corrected chi connectivity index (χ2v) is 8.36. The molecule has 0 aliphatic heterocycles. The van der Waals surface area contributed by atoms with Crippen LogP contribution in [0.1, 0.15) is 50.1 Å². The largest absolute Gasteiger partial charge is 0.493 e. The van der Waals surface area contributed by atoms with E-state index in [2.05, 4.69) is 34.5 Å². The molecule has 0 saturated heterocycles.